The SMILES string of the molecule is C[C@H]1O[C@@H](N2C(=O)NC3(N(C)CCCCON)C(N)=NCN=C23)[C@H](O)[C@@H]1O.O=S(=O)(O)O. The molecule has 3 rings (SSSR count). The predicted octanol–water partition coefficient (Wildman–Crippen LogP) is -3.15. The summed E-state index contributed by atoms with van der Waals surface area (Å²) >= 11 is 0. The van der Waals surface area contributed by atoms with E-state index in [-0.39, 0.29) is 12.5 Å². The van der Waals surface area contributed by atoms with Gasteiger partial charge in [0.1, 0.15) is 24.7 Å². The van der Waals surface area contributed by atoms with Crippen LogP contribution in [0.2, 0.25) is 0 Å². The van der Waals surface area contributed by atoms with Crippen molar-refractivity contribution in [3.8, 4) is 0 Å². The van der Waals surface area contributed by atoms with Gasteiger partial charge in [0.15, 0.2) is 12.1 Å². The summed E-state index contributed by atoms with van der Waals surface area (Å²) in [6, 6.07) is -0.531. The predicted molar refractivity (Wildman–Crippen MR) is 110 cm³/mol. The van der Waals surface area contributed by atoms with Crippen LogP contribution in [-0.4, -0.2) is 112 Å². The van der Waals surface area contributed by atoms with Crippen LogP contribution in [0.4, 0.5) is 4.79 Å². The van der Waals surface area contributed by atoms with Crippen molar-refractivity contribution < 1.29 is 42.1 Å². The Labute approximate surface area is 184 Å². The number of amides is 2. The molecule has 0 saturated carbocycles. The lowest BCUT2D eigenvalue weighted by molar-refractivity contribution is -0.0388. The first-order valence-electron chi connectivity index (χ1n) is 9.55. The molecule has 0 aromatic rings. The summed E-state index contributed by atoms with van der Waals surface area (Å²) in [4.78, 5) is 29.0. The third-order valence-corrected chi connectivity index (χ3v) is 5.20. The van der Waals surface area contributed by atoms with Crippen LogP contribution in [-0.2, 0) is 20.0 Å². The van der Waals surface area contributed by atoms with Gasteiger partial charge in [-0.3, -0.25) is 14.0 Å². The lowest BCUT2D eigenvalue weighted by Crippen LogP contribution is -2.68. The van der Waals surface area contributed by atoms with Crippen molar-refractivity contribution >= 4 is 28.1 Å². The van der Waals surface area contributed by atoms with Gasteiger partial charge >= 0.3 is 16.4 Å². The topological polar surface area (TPSA) is 246 Å². The number of aliphatic imine (C=N–C) groups is 2. The van der Waals surface area contributed by atoms with Gasteiger partial charge in [-0.25, -0.2) is 25.6 Å². The van der Waals surface area contributed by atoms with E-state index in [1.54, 1.807) is 14.0 Å². The molecule has 1 unspecified atom stereocenters. The first-order chi connectivity index (χ1) is 14.8. The molecule has 3 heterocycles. The molecule has 9 N–H and O–H groups in total. The number of aliphatic hydroxyl groups is 2. The van der Waals surface area contributed by atoms with Crippen molar-refractivity contribution in [1.82, 2.24) is 15.1 Å². The van der Waals surface area contributed by atoms with E-state index in [0.717, 1.165) is 12.8 Å². The number of likely N-dealkylation sites (N-methyl/N-ethyl adjacent to an activating group) is 1. The van der Waals surface area contributed by atoms with Crippen molar-refractivity contribution in [2.24, 2.45) is 21.6 Å². The van der Waals surface area contributed by atoms with Crippen molar-refractivity contribution in [2.45, 2.75) is 50.0 Å². The van der Waals surface area contributed by atoms with Gasteiger partial charge in [0.25, 0.3) is 0 Å². The number of nitrogens with zero attached hydrogens (tertiary/aromatic N) is 4. The maximum Gasteiger partial charge on any atom is 0.394 e. The molecule has 0 bridgehead atoms. The van der Waals surface area contributed by atoms with Gasteiger partial charge in [-0.15, -0.1) is 0 Å². The Balaban J connectivity index is 0.000000654. The van der Waals surface area contributed by atoms with Crippen LogP contribution >= 0.6 is 0 Å². The molecule has 16 nitrogen and oxygen atoms in total. The van der Waals surface area contributed by atoms with Crippen molar-refractivity contribution in [3.63, 3.8) is 0 Å². The molecule has 0 spiro atoms. The van der Waals surface area contributed by atoms with Crippen LogP contribution in [0.25, 0.3) is 0 Å². The molecule has 17 heteroatoms. The van der Waals surface area contributed by atoms with Crippen LogP contribution in [0.15, 0.2) is 9.98 Å². The van der Waals surface area contributed by atoms with E-state index in [0.29, 0.717) is 19.0 Å². The quantitative estimate of drug-likeness (QED) is 0.108. The summed E-state index contributed by atoms with van der Waals surface area (Å²) < 4.78 is 37.2. The zero-order chi connectivity index (χ0) is 24.3. The van der Waals surface area contributed by atoms with Crippen molar-refractivity contribution in [1.29, 1.82) is 0 Å². The van der Waals surface area contributed by atoms with E-state index < -0.39 is 46.6 Å². The third-order valence-electron chi connectivity index (χ3n) is 5.20. The van der Waals surface area contributed by atoms with Crippen LogP contribution < -0.4 is 16.9 Å². The van der Waals surface area contributed by atoms with Crippen LogP contribution in [0.1, 0.15) is 19.8 Å². The minimum absolute atomic E-state index is 0.0597. The van der Waals surface area contributed by atoms with Gasteiger partial charge in [-0.2, -0.15) is 8.42 Å². The zero-order valence-corrected chi connectivity index (χ0v) is 18.3. The number of carbonyl (C=O) groups excluding carboxylic acids is 1. The number of ether oxygens (including phenoxy) is 1. The lowest BCUT2D eigenvalue weighted by atomic mass is 10.0. The van der Waals surface area contributed by atoms with Crippen molar-refractivity contribution in [2.75, 3.05) is 26.9 Å². The standard InChI is InChI=1S/C15H27N7O5.H2O4S/c1-8-9(23)10(24)11(27-8)22-13-15(20-14(22)25,12(16)18-7-19-13)21(2)5-3-4-6-26-17;1-5(2,3)4/h8-11,23-24H,3-7,17H2,1-2H3,(H2,16,18)(H,20,25);(H2,1,2,3,4)/t8-,9-,10-,11-,15?;/m1./s1. The van der Waals surface area contributed by atoms with Gasteiger partial charge < -0.3 is 30.8 Å². The molecule has 2 amide bonds. The molecule has 2 saturated heterocycles. The summed E-state index contributed by atoms with van der Waals surface area (Å²) in [5.41, 5.74) is 4.95. The number of hydrogen-bond acceptors (Lipinski definition) is 12. The number of hydrogen-bond donors (Lipinski definition) is 7. The third kappa shape index (κ3) is 5.50. The lowest BCUT2D eigenvalue weighted by Gasteiger charge is -2.39. The number of fused-ring (bicyclic) bond motifs is 1. The molecule has 184 valence electrons. The Kier molecular flexibility index (Phi) is 8.48. The maximum atomic E-state index is 12.8. The molecule has 2 fully saturated rings. The van der Waals surface area contributed by atoms with Gasteiger partial charge in [0, 0.05) is 6.54 Å². The number of urea groups is 1. The number of amidine groups is 2. The van der Waals surface area contributed by atoms with E-state index in [2.05, 4.69) is 20.1 Å². The minimum Gasteiger partial charge on any atom is -0.388 e. The molecule has 3 aliphatic rings. The molecule has 0 aromatic heterocycles. The summed E-state index contributed by atoms with van der Waals surface area (Å²) in [7, 11) is -2.88. The zero-order valence-electron chi connectivity index (χ0n) is 17.5. The first kappa shape index (κ1) is 26.3. The highest BCUT2D eigenvalue weighted by Crippen LogP contribution is 2.32. The Morgan fingerprint density at radius 1 is 1.31 bits per heavy atom. The van der Waals surface area contributed by atoms with Crippen molar-refractivity contribution in [3.05, 3.63) is 0 Å². The first-order valence-corrected chi connectivity index (χ1v) is 10.9. The molecule has 3 aliphatic heterocycles. The fraction of sp³-hybridized carbons (Fsp3) is 0.800. The van der Waals surface area contributed by atoms with E-state index in [9.17, 15) is 15.0 Å². The summed E-state index contributed by atoms with van der Waals surface area (Å²) in [5, 5.41) is 23.2. The highest BCUT2D eigenvalue weighted by molar-refractivity contribution is 7.79. The summed E-state index contributed by atoms with van der Waals surface area (Å²) in [6.07, 6.45) is -2.60. The second-order valence-electron chi connectivity index (χ2n) is 7.34. The van der Waals surface area contributed by atoms with Gasteiger partial charge in [-0.1, -0.05) is 0 Å². The normalized spacial score (nSPS) is 32.1. The molecule has 0 aromatic carbocycles. The molecule has 32 heavy (non-hydrogen) atoms. The molecular formula is C15H29N7O9S. The number of carbonyl (C=O) groups is 1. The van der Waals surface area contributed by atoms with E-state index in [1.165, 1.54) is 4.90 Å². The van der Waals surface area contributed by atoms with Gasteiger partial charge in [0.2, 0.25) is 5.66 Å². The Hall–Kier alpha value is -1.96. The smallest absolute Gasteiger partial charge is 0.388 e. The molecule has 0 radical (unpaired) electrons. The Morgan fingerprint density at radius 3 is 2.47 bits per heavy atom. The highest BCUT2D eigenvalue weighted by Gasteiger charge is 2.60. The number of unbranched alkanes of at least 4 members (excludes halogenated alkanes) is 1. The monoisotopic (exact) mass is 483 g/mol. The second-order valence-corrected chi connectivity index (χ2v) is 8.23. The number of rotatable bonds is 7. The van der Waals surface area contributed by atoms with E-state index >= 15 is 0 Å². The second kappa shape index (κ2) is 10.3. The minimum atomic E-state index is -4.67. The average Bonchev–Trinajstić information content (AvgIpc) is 3.13. The molecule has 0 aliphatic carbocycles. The average molecular weight is 484 g/mol. The molecule has 5 atom stereocenters. The van der Waals surface area contributed by atoms with Crippen LogP contribution in [0.5, 0.6) is 0 Å². The Bertz CT molecular complexity index is 846. The maximum absolute atomic E-state index is 12.8. The van der Waals surface area contributed by atoms with Crippen LogP contribution in [0.3, 0.4) is 0 Å². The largest absolute Gasteiger partial charge is 0.394 e. The molecular weight excluding hydrogens is 454 g/mol. The summed E-state index contributed by atoms with van der Waals surface area (Å²) in [6.45, 7) is 2.66. The Morgan fingerprint density at radius 2 is 1.94 bits per heavy atom. The fourth-order valence-electron chi connectivity index (χ4n) is 3.64. The number of nitrogens with two attached hydrogens (primary N) is 2. The van der Waals surface area contributed by atoms with Crippen LogP contribution in [0, 0.1) is 0 Å². The van der Waals surface area contributed by atoms with E-state index in [1.807, 2.05) is 4.90 Å². The van der Waals surface area contributed by atoms with Gasteiger partial charge in [0.05, 0.1) is 12.7 Å². The number of nitrogens with one attached hydrogen (secondary N) is 1. The number of aliphatic hydroxyl groups excluding tert-OH is 2. The van der Waals surface area contributed by atoms with E-state index in [4.69, 9.17) is 33.9 Å². The highest BCUT2D eigenvalue weighted by atomic mass is 32.3. The van der Waals surface area contributed by atoms with Gasteiger partial charge in [-0.05, 0) is 26.8 Å². The fourth-order valence-corrected chi connectivity index (χ4v) is 3.64. The summed E-state index contributed by atoms with van der Waals surface area (Å²) in [5.74, 6) is 5.53.